The minimum Gasteiger partial charge on any atom is -0.465 e. The maximum Gasteiger partial charge on any atom is 0.407 e. The van der Waals surface area contributed by atoms with Gasteiger partial charge in [0.1, 0.15) is 0 Å². The van der Waals surface area contributed by atoms with Crippen LogP contribution in [0.1, 0.15) is 17.2 Å². The summed E-state index contributed by atoms with van der Waals surface area (Å²) < 4.78 is 0. The predicted octanol–water partition coefficient (Wildman–Crippen LogP) is 1.47. The monoisotopic (exact) mass is 192 g/mol. The van der Waals surface area contributed by atoms with Gasteiger partial charge in [-0.1, -0.05) is 6.07 Å². The largest absolute Gasteiger partial charge is 0.465 e. The molecule has 1 aromatic heterocycles. The fourth-order valence-corrected chi connectivity index (χ4v) is 1.54. The zero-order valence-corrected chi connectivity index (χ0v) is 7.97. The molecule has 1 fully saturated rings. The lowest BCUT2D eigenvalue weighted by molar-refractivity contribution is 0.104. The van der Waals surface area contributed by atoms with Gasteiger partial charge in [-0.15, -0.1) is 0 Å². The molecule has 0 aliphatic carbocycles. The van der Waals surface area contributed by atoms with E-state index in [1.54, 1.807) is 0 Å². The molecule has 2 heterocycles. The Balaban J connectivity index is 2.00. The molecule has 14 heavy (non-hydrogen) atoms. The molecule has 0 saturated carbocycles. The van der Waals surface area contributed by atoms with Crippen LogP contribution in [-0.2, 0) is 0 Å². The number of pyridine rings is 1. The van der Waals surface area contributed by atoms with Crippen molar-refractivity contribution in [3.8, 4) is 0 Å². The van der Waals surface area contributed by atoms with Crippen molar-refractivity contribution in [1.29, 1.82) is 0 Å². The molecule has 1 saturated heterocycles. The van der Waals surface area contributed by atoms with E-state index in [1.807, 2.05) is 25.3 Å². The van der Waals surface area contributed by atoms with E-state index in [2.05, 4.69) is 4.98 Å². The van der Waals surface area contributed by atoms with Crippen molar-refractivity contribution in [3.63, 3.8) is 0 Å². The number of carboxylic acid groups (broad SMARTS) is 1. The molecule has 4 heteroatoms. The van der Waals surface area contributed by atoms with Crippen molar-refractivity contribution in [1.82, 2.24) is 9.88 Å². The van der Waals surface area contributed by atoms with Crippen LogP contribution in [0.5, 0.6) is 0 Å². The lowest BCUT2D eigenvalue weighted by atomic mass is 9.96. The summed E-state index contributed by atoms with van der Waals surface area (Å²) >= 11 is 0. The Hall–Kier alpha value is -1.58. The summed E-state index contributed by atoms with van der Waals surface area (Å²) in [7, 11) is 0. The van der Waals surface area contributed by atoms with Crippen LogP contribution in [0.15, 0.2) is 18.3 Å². The molecule has 1 N–H and O–H groups in total. The van der Waals surface area contributed by atoms with Gasteiger partial charge in [-0.3, -0.25) is 4.98 Å². The van der Waals surface area contributed by atoms with Gasteiger partial charge >= 0.3 is 6.09 Å². The highest BCUT2D eigenvalue weighted by Gasteiger charge is 2.32. The average Bonchev–Trinajstić information content (AvgIpc) is 2.05. The lowest BCUT2D eigenvalue weighted by Crippen LogP contribution is -2.48. The summed E-state index contributed by atoms with van der Waals surface area (Å²) in [5.41, 5.74) is 2.12. The Bertz CT molecular complexity index is 342. The van der Waals surface area contributed by atoms with Crippen LogP contribution in [0, 0.1) is 6.92 Å². The van der Waals surface area contributed by atoms with Crippen molar-refractivity contribution in [2.24, 2.45) is 0 Å². The first kappa shape index (κ1) is 8.99. The van der Waals surface area contributed by atoms with Crippen molar-refractivity contribution in [3.05, 3.63) is 29.6 Å². The van der Waals surface area contributed by atoms with E-state index in [-0.39, 0.29) is 5.92 Å². The third kappa shape index (κ3) is 1.55. The average molecular weight is 192 g/mol. The molecule has 0 radical (unpaired) electrons. The second kappa shape index (κ2) is 3.29. The predicted molar refractivity (Wildman–Crippen MR) is 51.3 cm³/mol. The quantitative estimate of drug-likeness (QED) is 0.733. The van der Waals surface area contributed by atoms with Crippen molar-refractivity contribution in [2.45, 2.75) is 12.8 Å². The van der Waals surface area contributed by atoms with E-state index in [0.29, 0.717) is 13.1 Å². The van der Waals surface area contributed by atoms with Crippen LogP contribution in [0.4, 0.5) is 4.79 Å². The van der Waals surface area contributed by atoms with Gasteiger partial charge in [-0.25, -0.2) is 4.79 Å². The third-order valence-corrected chi connectivity index (χ3v) is 2.50. The van der Waals surface area contributed by atoms with Crippen LogP contribution in [0.3, 0.4) is 0 Å². The summed E-state index contributed by atoms with van der Waals surface area (Å²) in [5.74, 6) is 0.284. The van der Waals surface area contributed by atoms with Gasteiger partial charge in [0.05, 0.1) is 0 Å². The molecular formula is C10H12N2O2. The molecule has 0 aromatic carbocycles. The number of aromatic nitrogens is 1. The highest BCUT2D eigenvalue weighted by molar-refractivity contribution is 5.66. The Morgan fingerprint density at radius 3 is 2.79 bits per heavy atom. The molecule has 0 spiro atoms. The number of amides is 1. The minimum atomic E-state index is -0.839. The molecule has 1 amide bonds. The van der Waals surface area contributed by atoms with Crippen LogP contribution >= 0.6 is 0 Å². The third-order valence-electron chi connectivity index (χ3n) is 2.50. The van der Waals surface area contributed by atoms with E-state index in [1.165, 1.54) is 4.90 Å². The van der Waals surface area contributed by atoms with E-state index in [0.717, 1.165) is 11.3 Å². The highest BCUT2D eigenvalue weighted by Crippen LogP contribution is 2.25. The van der Waals surface area contributed by atoms with Crippen LogP contribution in [0.25, 0.3) is 0 Å². The number of carbonyl (C=O) groups is 1. The van der Waals surface area contributed by atoms with E-state index < -0.39 is 6.09 Å². The molecule has 0 bridgehead atoms. The van der Waals surface area contributed by atoms with E-state index in [9.17, 15) is 4.79 Å². The van der Waals surface area contributed by atoms with Gasteiger partial charge in [0.2, 0.25) is 0 Å². The summed E-state index contributed by atoms with van der Waals surface area (Å²) in [4.78, 5) is 16.2. The number of likely N-dealkylation sites (tertiary alicyclic amines) is 1. The first-order chi connectivity index (χ1) is 6.66. The smallest absolute Gasteiger partial charge is 0.407 e. The molecule has 74 valence electrons. The van der Waals surface area contributed by atoms with Gasteiger partial charge < -0.3 is 10.0 Å². The molecule has 1 aliphatic rings. The molecule has 1 aromatic rings. The second-order valence-electron chi connectivity index (χ2n) is 3.64. The lowest BCUT2D eigenvalue weighted by Gasteiger charge is -2.36. The summed E-state index contributed by atoms with van der Waals surface area (Å²) in [5, 5.41) is 8.65. The Morgan fingerprint density at radius 2 is 2.29 bits per heavy atom. The number of rotatable bonds is 1. The first-order valence-corrected chi connectivity index (χ1v) is 4.57. The van der Waals surface area contributed by atoms with Gasteiger partial charge in [0.25, 0.3) is 0 Å². The van der Waals surface area contributed by atoms with Gasteiger partial charge in [0.15, 0.2) is 0 Å². The minimum absolute atomic E-state index is 0.284. The molecule has 4 nitrogen and oxygen atoms in total. The highest BCUT2D eigenvalue weighted by atomic mass is 16.4. The maximum atomic E-state index is 10.5. The second-order valence-corrected chi connectivity index (χ2v) is 3.64. The first-order valence-electron chi connectivity index (χ1n) is 4.57. The van der Waals surface area contributed by atoms with Crippen LogP contribution in [0.2, 0.25) is 0 Å². The van der Waals surface area contributed by atoms with Gasteiger partial charge in [0, 0.05) is 30.9 Å². The van der Waals surface area contributed by atoms with Gasteiger partial charge in [-0.2, -0.15) is 0 Å². The van der Waals surface area contributed by atoms with Crippen molar-refractivity contribution >= 4 is 6.09 Å². The van der Waals surface area contributed by atoms with Gasteiger partial charge in [-0.05, 0) is 18.6 Å². The van der Waals surface area contributed by atoms with Crippen LogP contribution in [-0.4, -0.2) is 34.2 Å². The number of hydrogen-bond donors (Lipinski definition) is 1. The summed E-state index contributed by atoms with van der Waals surface area (Å²) in [6.45, 7) is 3.14. The number of aryl methyl sites for hydroxylation is 1. The SMILES string of the molecule is Cc1ccc(C2CN(C(=O)O)C2)nc1. The van der Waals surface area contributed by atoms with Crippen molar-refractivity contribution < 1.29 is 9.90 Å². The Kier molecular flexibility index (Phi) is 2.11. The zero-order chi connectivity index (χ0) is 10.1. The van der Waals surface area contributed by atoms with E-state index in [4.69, 9.17) is 5.11 Å². The molecule has 0 unspecified atom stereocenters. The number of nitrogens with zero attached hydrogens (tertiary/aromatic N) is 2. The fraction of sp³-hybridized carbons (Fsp3) is 0.400. The summed E-state index contributed by atoms with van der Waals surface area (Å²) in [6, 6.07) is 3.98. The zero-order valence-electron chi connectivity index (χ0n) is 7.97. The maximum absolute atomic E-state index is 10.5. The Labute approximate surface area is 82.2 Å². The fourth-order valence-electron chi connectivity index (χ4n) is 1.54. The van der Waals surface area contributed by atoms with Crippen LogP contribution < -0.4 is 0 Å². The Morgan fingerprint density at radius 1 is 1.57 bits per heavy atom. The molecule has 0 atom stereocenters. The molecule has 1 aliphatic heterocycles. The standard InChI is InChI=1S/C10H12N2O2/c1-7-2-3-9(11-4-7)8-5-12(6-8)10(13)14/h2-4,8H,5-6H2,1H3,(H,13,14). The summed E-state index contributed by atoms with van der Waals surface area (Å²) in [6.07, 6.45) is 0.979. The van der Waals surface area contributed by atoms with Crippen molar-refractivity contribution in [2.75, 3.05) is 13.1 Å². The number of hydrogen-bond acceptors (Lipinski definition) is 2. The van der Waals surface area contributed by atoms with E-state index >= 15 is 0 Å². The topological polar surface area (TPSA) is 53.4 Å². The normalized spacial score (nSPS) is 16.5. The molecule has 2 rings (SSSR count). The molecular weight excluding hydrogens is 180 g/mol.